The average Bonchev–Trinajstić information content (AvgIpc) is 2.39. The van der Waals surface area contributed by atoms with Crippen molar-refractivity contribution in [3.63, 3.8) is 0 Å². The van der Waals surface area contributed by atoms with Gasteiger partial charge in [-0.3, -0.25) is 4.79 Å². The summed E-state index contributed by atoms with van der Waals surface area (Å²) in [5.74, 6) is 0.831. The Morgan fingerprint density at radius 2 is 2.00 bits per heavy atom. The molecule has 1 aromatic carbocycles. The summed E-state index contributed by atoms with van der Waals surface area (Å²) in [4.78, 5) is 24.4. The number of nitrogens with zero attached hydrogens (tertiary/aromatic N) is 1. The van der Waals surface area contributed by atoms with Gasteiger partial charge in [-0.1, -0.05) is 0 Å². The maximum absolute atomic E-state index is 11.4. The Morgan fingerprint density at radius 3 is 2.58 bits per heavy atom. The summed E-state index contributed by atoms with van der Waals surface area (Å²) in [6.45, 7) is 3.10. The fraction of sp³-hybridized carbons (Fsp3) is 0.385. The summed E-state index contributed by atoms with van der Waals surface area (Å²) in [7, 11) is 0. The van der Waals surface area contributed by atoms with Gasteiger partial charge in [0.05, 0.1) is 11.3 Å². The molecule has 1 fully saturated rings. The van der Waals surface area contributed by atoms with Gasteiger partial charge >= 0.3 is 5.97 Å². The Balaban J connectivity index is 2.31. The summed E-state index contributed by atoms with van der Waals surface area (Å²) in [5, 5.41) is 11.9. The molecule has 0 spiro atoms. The van der Waals surface area contributed by atoms with Crippen molar-refractivity contribution < 1.29 is 14.7 Å². The third kappa shape index (κ3) is 3.41. The Bertz CT molecular complexity index is 499. The van der Waals surface area contributed by atoms with Gasteiger partial charge < -0.3 is 15.3 Å². The lowest BCUT2D eigenvalue weighted by molar-refractivity contribution is -0.114. The molecule has 1 aromatic rings. The smallest absolute Gasteiger partial charge is 0.337 e. The fourth-order valence-electron chi connectivity index (χ4n) is 2.07. The zero-order chi connectivity index (χ0) is 13.8. The minimum absolute atomic E-state index is 0.210. The van der Waals surface area contributed by atoms with E-state index in [1.54, 1.807) is 12.1 Å². The summed E-state index contributed by atoms with van der Waals surface area (Å²) in [6.07, 6.45) is 0. The zero-order valence-electron chi connectivity index (χ0n) is 10.7. The molecule has 0 atom stereocenters. The van der Waals surface area contributed by atoms with Gasteiger partial charge in [0.25, 0.3) is 0 Å². The molecular weight excluding hydrogens is 264 g/mol. The summed E-state index contributed by atoms with van der Waals surface area (Å²) in [5.41, 5.74) is 1.47. The lowest BCUT2D eigenvalue weighted by Gasteiger charge is -2.29. The van der Waals surface area contributed by atoms with Crippen molar-refractivity contribution in [3.05, 3.63) is 23.8 Å². The summed E-state index contributed by atoms with van der Waals surface area (Å²) < 4.78 is 0. The molecular formula is C13H16N2O3S. The molecule has 1 amide bonds. The number of carbonyl (C=O) groups excluding carboxylic acids is 1. The SMILES string of the molecule is CC(=O)Nc1ccc(N2CCSCC2)c(C(=O)O)c1. The van der Waals surface area contributed by atoms with Crippen LogP contribution in [0.1, 0.15) is 17.3 Å². The van der Waals surface area contributed by atoms with Crippen molar-refractivity contribution in [3.8, 4) is 0 Å². The molecule has 0 aliphatic carbocycles. The zero-order valence-corrected chi connectivity index (χ0v) is 11.5. The molecule has 1 aliphatic heterocycles. The standard InChI is InChI=1S/C13H16N2O3S/c1-9(16)14-10-2-3-12(11(8-10)13(17)18)15-4-6-19-7-5-15/h2-3,8H,4-7H2,1H3,(H,14,16)(H,17,18). The van der Waals surface area contributed by atoms with Crippen LogP contribution in [0.25, 0.3) is 0 Å². The number of carboxylic acid groups (broad SMARTS) is 1. The van der Waals surface area contributed by atoms with E-state index in [1.807, 2.05) is 11.8 Å². The maximum atomic E-state index is 11.4. The van der Waals surface area contributed by atoms with E-state index < -0.39 is 5.97 Å². The Hall–Kier alpha value is -1.69. The molecule has 1 aliphatic rings. The van der Waals surface area contributed by atoms with Gasteiger partial charge in [-0.15, -0.1) is 0 Å². The molecule has 6 heteroatoms. The number of hydrogen-bond donors (Lipinski definition) is 2. The van der Waals surface area contributed by atoms with Gasteiger partial charge in [-0.2, -0.15) is 11.8 Å². The molecule has 0 bridgehead atoms. The van der Waals surface area contributed by atoms with E-state index in [9.17, 15) is 14.7 Å². The van der Waals surface area contributed by atoms with Crippen LogP contribution < -0.4 is 10.2 Å². The molecule has 0 radical (unpaired) electrons. The van der Waals surface area contributed by atoms with E-state index in [4.69, 9.17) is 0 Å². The third-order valence-corrected chi connectivity index (χ3v) is 3.84. The summed E-state index contributed by atoms with van der Waals surface area (Å²) in [6, 6.07) is 5.02. The Morgan fingerprint density at radius 1 is 1.32 bits per heavy atom. The minimum Gasteiger partial charge on any atom is -0.478 e. The van der Waals surface area contributed by atoms with Crippen LogP contribution in [0.3, 0.4) is 0 Å². The summed E-state index contributed by atoms with van der Waals surface area (Å²) >= 11 is 1.87. The molecule has 5 nitrogen and oxygen atoms in total. The number of hydrogen-bond acceptors (Lipinski definition) is 4. The van der Waals surface area contributed by atoms with Gasteiger partial charge in [-0.25, -0.2) is 4.79 Å². The van der Waals surface area contributed by atoms with E-state index in [-0.39, 0.29) is 11.5 Å². The number of amides is 1. The number of rotatable bonds is 3. The van der Waals surface area contributed by atoms with E-state index in [0.717, 1.165) is 30.3 Å². The first-order valence-electron chi connectivity index (χ1n) is 6.05. The molecule has 0 unspecified atom stereocenters. The first kappa shape index (κ1) is 13.7. The number of nitrogens with one attached hydrogen (secondary N) is 1. The second-order valence-electron chi connectivity index (χ2n) is 4.32. The quantitative estimate of drug-likeness (QED) is 0.885. The number of carboxylic acids is 1. The Kier molecular flexibility index (Phi) is 4.31. The first-order valence-corrected chi connectivity index (χ1v) is 7.21. The third-order valence-electron chi connectivity index (χ3n) is 2.90. The van der Waals surface area contributed by atoms with Gasteiger partial charge in [-0.05, 0) is 18.2 Å². The normalized spacial score (nSPS) is 15.1. The number of aromatic carboxylic acids is 1. The minimum atomic E-state index is -0.972. The molecule has 1 saturated heterocycles. The predicted octanol–water partition coefficient (Wildman–Crippen LogP) is 1.90. The molecule has 19 heavy (non-hydrogen) atoms. The van der Waals surface area contributed by atoms with Crippen LogP contribution in [0.4, 0.5) is 11.4 Å². The second-order valence-corrected chi connectivity index (χ2v) is 5.54. The largest absolute Gasteiger partial charge is 0.478 e. The van der Waals surface area contributed by atoms with E-state index in [2.05, 4.69) is 10.2 Å². The van der Waals surface area contributed by atoms with E-state index in [1.165, 1.54) is 13.0 Å². The highest BCUT2D eigenvalue weighted by Gasteiger charge is 2.18. The van der Waals surface area contributed by atoms with Gasteiger partial charge in [0.2, 0.25) is 5.91 Å². The monoisotopic (exact) mass is 280 g/mol. The van der Waals surface area contributed by atoms with Crippen LogP contribution in [-0.2, 0) is 4.79 Å². The molecule has 0 saturated carbocycles. The number of anilines is 2. The van der Waals surface area contributed by atoms with Crippen molar-refractivity contribution in [1.29, 1.82) is 0 Å². The van der Waals surface area contributed by atoms with Crippen LogP contribution in [-0.4, -0.2) is 41.6 Å². The van der Waals surface area contributed by atoms with E-state index in [0.29, 0.717) is 5.69 Å². The highest BCUT2D eigenvalue weighted by molar-refractivity contribution is 7.99. The van der Waals surface area contributed by atoms with Crippen molar-refractivity contribution in [2.75, 3.05) is 34.8 Å². The van der Waals surface area contributed by atoms with Crippen LogP contribution in [0, 0.1) is 0 Å². The molecule has 1 heterocycles. The maximum Gasteiger partial charge on any atom is 0.337 e. The molecule has 2 rings (SSSR count). The molecule has 2 N–H and O–H groups in total. The van der Waals surface area contributed by atoms with E-state index >= 15 is 0 Å². The molecule has 102 valence electrons. The Labute approximate surface area is 116 Å². The van der Waals surface area contributed by atoms with Crippen LogP contribution in [0.5, 0.6) is 0 Å². The van der Waals surface area contributed by atoms with Crippen molar-refractivity contribution in [1.82, 2.24) is 0 Å². The highest BCUT2D eigenvalue weighted by atomic mass is 32.2. The van der Waals surface area contributed by atoms with Crippen LogP contribution in [0.15, 0.2) is 18.2 Å². The lowest BCUT2D eigenvalue weighted by atomic mass is 10.1. The van der Waals surface area contributed by atoms with Crippen molar-refractivity contribution >= 4 is 35.0 Å². The first-order chi connectivity index (χ1) is 9.08. The van der Waals surface area contributed by atoms with Crippen LogP contribution >= 0.6 is 11.8 Å². The number of benzene rings is 1. The number of thioether (sulfide) groups is 1. The lowest BCUT2D eigenvalue weighted by Crippen LogP contribution is -2.33. The molecule has 0 aromatic heterocycles. The second kappa shape index (κ2) is 5.97. The van der Waals surface area contributed by atoms with Gasteiger partial charge in [0.1, 0.15) is 0 Å². The highest BCUT2D eigenvalue weighted by Crippen LogP contribution is 2.26. The van der Waals surface area contributed by atoms with Gasteiger partial charge in [0, 0.05) is 37.2 Å². The van der Waals surface area contributed by atoms with Crippen LogP contribution in [0.2, 0.25) is 0 Å². The van der Waals surface area contributed by atoms with Crippen molar-refractivity contribution in [2.24, 2.45) is 0 Å². The number of carbonyl (C=O) groups is 2. The average molecular weight is 280 g/mol. The van der Waals surface area contributed by atoms with Gasteiger partial charge in [0.15, 0.2) is 0 Å². The predicted molar refractivity (Wildman–Crippen MR) is 77.2 cm³/mol. The topological polar surface area (TPSA) is 69.6 Å². The fourth-order valence-corrected chi connectivity index (χ4v) is 2.97. The van der Waals surface area contributed by atoms with Crippen molar-refractivity contribution in [2.45, 2.75) is 6.92 Å².